The van der Waals surface area contributed by atoms with Gasteiger partial charge in [0.05, 0.1) is 16.4 Å². The van der Waals surface area contributed by atoms with E-state index in [0.717, 1.165) is 14.0 Å². The number of nitrogens with zero attached hydrogens (tertiary/aromatic N) is 1. The molecule has 154 valence electrons. The molecular weight excluding hydrogens is 499 g/mol. The highest BCUT2D eigenvalue weighted by Crippen LogP contribution is 2.35. The van der Waals surface area contributed by atoms with Gasteiger partial charge in [-0.3, -0.25) is 14.9 Å². The molecule has 7 nitrogen and oxygen atoms in total. The summed E-state index contributed by atoms with van der Waals surface area (Å²) in [5, 5.41) is 2.23. The van der Waals surface area contributed by atoms with Crippen molar-refractivity contribution in [2.75, 3.05) is 18.6 Å². The van der Waals surface area contributed by atoms with Gasteiger partial charge < -0.3 is 9.47 Å². The minimum absolute atomic E-state index is 0.157. The smallest absolute Gasteiger partial charge is 0.335 e. The number of aryl methyl sites for hydroxylation is 1. The molecule has 0 radical (unpaired) electrons. The van der Waals surface area contributed by atoms with Crippen LogP contribution in [0.25, 0.3) is 6.08 Å². The van der Waals surface area contributed by atoms with Crippen LogP contribution in [0.5, 0.6) is 11.5 Å². The summed E-state index contributed by atoms with van der Waals surface area (Å²) in [6, 6.07) is 9.58. The molecule has 1 saturated heterocycles. The number of amides is 4. The summed E-state index contributed by atoms with van der Waals surface area (Å²) in [4.78, 5) is 38.8. The third-order valence-electron chi connectivity index (χ3n) is 4.37. The summed E-state index contributed by atoms with van der Waals surface area (Å²) in [6.45, 7) is 5.71. The second-order valence-corrected chi connectivity index (χ2v) is 7.54. The number of hydrogen-bond acceptors (Lipinski definition) is 5. The van der Waals surface area contributed by atoms with Crippen molar-refractivity contribution in [2.45, 2.75) is 6.92 Å². The van der Waals surface area contributed by atoms with Crippen LogP contribution in [0.2, 0.25) is 0 Å². The number of carbonyl (C=O) groups excluding carboxylic acids is 3. The van der Waals surface area contributed by atoms with E-state index in [4.69, 9.17) is 9.47 Å². The molecule has 2 aromatic rings. The summed E-state index contributed by atoms with van der Waals surface area (Å²) >= 11 is 2.08. The number of carbonyl (C=O) groups is 3. The minimum Gasteiger partial charge on any atom is -0.493 e. The highest BCUT2D eigenvalue weighted by molar-refractivity contribution is 14.1. The normalized spacial score (nSPS) is 15.2. The standard InChI is InChI=1S/C22H19IN2O5/c1-4-9-30-19-16(23)11-14(12-18(19)29-3)10-15-20(26)24-22(28)25(21(15)27)17-8-6-5-7-13(17)2/h4-8,10-12H,1,9H2,2-3H3,(H,24,26,28)/b15-10+. The van der Waals surface area contributed by atoms with Crippen LogP contribution < -0.4 is 19.7 Å². The zero-order chi connectivity index (χ0) is 21.8. The predicted octanol–water partition coefficient (Wildman–Crippen LogP) is 3.84. The summed E-state index contributed by atoms with van der Waals surface area (Å²) < 4.78 is 11.7. The van der Waals surface area contributed by atoms with E-state index >= 15 is 0 Å². The number of halogens is 1. The Bertz CT molecular complexity index is 1080. The highest BCUT2D eigenvalue weighted by Gasteiger charge is 2.37. The highest BCUT2D eigenvalue weighted by atomic mass is 127. The fraction of sp³-hybridized carbons (Fsp3) is 0.136. The first-order chi connectivity index (χ1) is 14.4. The van der Waals surface area contributed by atoms with Crippen LogP contribution >= 0.6 is 22.6 Å². The fourth-order valence-corrected chi connectivity index (χ4v) is 3.74. The molecule has 0 bridgehead atoms. The third kappa shape index (κ3) is 4.23. The van der Waals surface area contributed by atoms with E-state index in [0.29, 0.717) is 29.4 Å². The maximum Gasteiger partial charge on any atom is 0.335 e. The second kappa shape index (κ2) is 9.12. The topological polar surface area (TPSA) is 84.9 Å². The Morgan fingerprint density at radius 3 is 2.60 bits per heavy atom. The van der Waals surface area contributed by atoms with Crippen molar-refractivity contribution in [2.24, 2.45) is 0 Å². The van der Waals surface area contributed by atoms with Gasteiger partial charge in [0.15, 0.2) is 11.5 Å². The lowest BCUT2D eigenvalue weighted by atomic mass is 10.1. The van der Waals surface area contributed by atoms with Crippen LogP contribution in [0.3, 0.4) is 0 Å². The van der Waals surface area contributed by atoms with E-state index in [9.17, 15) is 14.4 Å². The van der Waals surface area contributed by atoms with E-state index in [2.05, 4.69) is 34.5 Å². The zero-order valence-corrected chi connectivity index (χ0v) is 18.6. The summed E-state index contributed by atoms with van der Waals surface area (Å²) in [7, 11) is 1.50. The molecule has 30 heavy (non-hydrogen) atoms. The van der Waals surface area contributed by atoms with Gasteiger partial charge in [-0.15, -0.1) is 0 Å². The number of nitrogens with one attached hydrogen (secondary N) is 1. The summed E-state index contributed by atoms with van der Waals surface area (Å²) in [6.07, 6.45) is 3.05. The Kier molecular flexibility index (Phi) is 6.56. The molecule has 8 heteroatoms. The first-order valence-electron chi connectivity index (χ1n) is 8.95. The molecule has 1 fully saturated rings. The van der Waals surface area contributed by atoms with E-state index in [1.165, 1.54) is 13.2 Å². The van der Waals surface area contributed by atoms with E-state index in [-0.39, 0.29) is 5.57 Å². The van der Waals surface area contributed by atoms with Gasteiger partial charge in [0.2, 0.25) is 0 Å². The molecule has 1 aliphatic heterocycles. The lowest BCUT2D eigenvalue weighted by molar-refractivity contribution is -0.122. The number of anilines is 1. The average molecular weight is 518 g/mol. The maximum absolute atomic E-state index is 13.1. The zero-order valence-electron chi connectivity index (χ0n) is 16.4. The number of hydrogen-bond donors (Lipinski definition) is 1. The second-order valence-electron chi connectivity index (χ2n) is 6.38. The molecule has 2 aromatic carbocycles. The van der Waals surface area contributed by atoms with Gasteiger partial charge in [-0.1, -0.05) is 30.9 Å². The van der Waals surface area contributed by atoms with Gasteiger partial charge in [-0.25, -0.2) is 9.69 Å². The van der Waals surface area contributed by atoms with Crippen molar-refractivity contribution >= 4 is 52.2 Å². The number of benzene rings is 2. The summed E-state index contributed by atoms with van der Waals surface area (Å²) in [5.41, 5.74) is 1.55. The third-order valence-corrected chi connectivity index (χ3v) is 5.17. The average Bonchev–Trinajstić information content (AvgIpc) is 2.71. The quantitative estimate of drug-likeness (QED) is 0.272. The molecule has 0 atom stereocenters. The van der Waals surface area contributed by atoms with Gasteiger partial charge in [-0.05, 0) is 64.9 Å². The number of barbiturate groups is 1. The van der Waals surface area contributed by atoms with Crippen molar-refractivity contribution in [1.29, 1.82) is 0 Å². The van der Waals surface area contributed by atoms with Gasteiger partial charge in [0.1, 0.15) is 12.2 Å². The minimum atomic E-state index is -0.781. The van der Waals surface area contributed by atoms with Crippen molar-refractivity contribution in [3.8, 4) is 11.5 Å². The molecular formula is C22H19IN2O5. The van der Waals surface area contributed by atoms with Crippen LogP contribution in [0.4, 0.5) is 10.5 Å². The lowest BCUT2D eigenvalue weighted by Crippen LogP contribution is -2.54. The molecule has 0 aromatic heterocycles. The Labute approximate surface area is 187 Å². The number of para-hydroxylation sites is 1. The SMILES string of the molecule is C=CCOc1c(I)cc(/C=C2\C(=O)NC(=O)N(c3ccccc3C)C2=O)cc1OC. The first-order valence-corrected chi connectivity index (χ1v) is 10.0. The molecule has 1 heterocycles. The van der Waals surface area contributed by atoms with Crippen molar-refractivity contribution < 1.29 is 23.9 Å². The molecule has 0 saturated carbocycles. The van der Waals surface area contributed by atoms with Gasteiger partial charge in [-0.2, -0.15) is 0 Å². The van der Waals surface area contributed by atoms with Crippen molar-refractivity contribution in [3.63, 3.8) is 0 Å². The molecule has 1 aliphatic rings. The first kappa shape index (κ1) is 21.6. The van der Waals surface area contributed by atoms with E-state index in [1.54, 1.807) is 49.4 Å². The lowest BCUT2D eigenvalue weighted by Gasteiger charge is -2.27. The largest absolute Gasteiger partial charge is 0.493 e. The predicted molar refractivity (Wildman–Crippen MR) is 122 cm³/mol. The van der Waals surface area contributed by atoms with Crippen LogP contribution in [-0.2, 0) is 9.59 Å². The van der Waals surface area contributed by atoms with Gasteiger partial charge >= 0.3 is 6.03 Å². The van der Waals surface area contributed by atoms with Crippen molar-refractivity contribution in [1.82, 2.24) is 5.32 Å². The molecule has 4 amide bonds. The van der Waals surface area contributed by atoms with Crippen LogP contribution in [0, 0.1) is 10.5 Å². The fourth-order valence-electron chi connectivity index (χ4n) is 2.96. The molecule has 0 unspecified atom stereocenters. The maximum atomic E-state index is 13.1. The van der Waals surface area contributed by atoms with Crippen LogP contribution in [0.15, 0.2) is 54.6 Å². The summed E-state index contributed by atoms with van der Waals surface area (Å²) in [5.74, 6) is -0.461. The van der Waals surface area contributed by atoms with Crippen LogP contribution in [-0.4, -0.2) is 31.6 Å². The number of ether oxygens (including phenoxy) is 2. The number of urea groups is 1. The Morgan fingerprint density at radius 2 is 1.93 bits per heavy atom. The molecule has 3 rings (SSSR count). The molecule has 0 aliphatic carbocycles. The number of methoxy groups -OCH3 is 1. The van der Waals surface area contributed by atoms with Crippen molar-refractivity contribution in [3.05, 3.63) is 69.3 Å². The number of rotatable bonds is 6. The molecule has 1 N–H and O–H groups in total. The monoisotopic (exact) mass is 518 g/mol. The Morgan fingerprint density at radius 1 is 1.20 bits per heavy atom. The van der Waals surface area contributed by atoms with Gasteiger partial charge in [0, 0.05) is 0 Å². The Balaban J connectivity index is 2.03. The van der Waals surface area contributed by atoms with Gasteiger partial charge in [0.25, 0.3) is 11.8 Å². The number of imide groups is 2. The van der Waals surface area contributed by atoms with E-state index < -0.39 is 17.8 Å². The van der Waals surface area contributed by atoms with Crippen LogP contribution in [0.1, 0.15) is 11.1 Å². The van der Waals surface area contributed by atoms with E-state index in [1.807, 2.05) is 0 Å². The molecule has 0 spiro atoms. The Hall–Kier alpha value is -3.14.